The number of carbonyl (C=O) groups excluding carboxylic acids is 1. The summed E-state index contributed by atoms with van der Waals surface area (Å²) in [5.41, 5.74) is 0.905. The smallest absolute Gasteiger partial charge is 0.289 e. The number of Topliss-reactive ketones (excluding diaryl/α,β-unsaturated/α-hetero) is 1. The van der Waals surface area contributed by atoms with Gasteiger partial charge in [-0.3, -0.25) is 4.79 Å². The van der Waals surface area contributed by atoms with Crippen LogP contribution in [-0.2, 0) is 21.2 Å². The van der Waals surface area contributed by atoms with E-state index in [9.17, 15) is 18.2 Å². The Kier molecular flexibility index (Phi) is 6.60. The van der Waals surface area contributed by atoms with Gasteiger partial charge in [-0.15, -0.1) is 0 Å². The molecule has 2 N–H and O–H groups in total. The molecule has 1 aliphatic rings. The minimum absolute atomic E-state index is 0.107. The number of carbonyl (C=O) groups is 1. The van der Waals surface area contributed by atoms with Gasteiger partial charge in [0.15, 0.2) is 5.78 Å². The summed E-state index contributed by atoms with van der Waals surface area (Å²) < 4.78 is 25.7. The Hall–Kier alpha value is -1.18. The fourth-order valence-electron chi connectivity index (χ4n) is 2.96. The van der Waals surface area contributed by atoms with E-state index in [2.05, 4.69) is 4.72 Å². The van der Waals surface area contributed by atoms with E-state index in [0.717, 1.165) is 31.1 Å². The molecule has 132 valence electrons. The van der Waals surface area contributed by atoms with E-state index in [1.807, 2.05) is 30.3 Å². The Morgan fingerprint density at radius 3 is 2.46 bits per heavy atom. The van der Waals surface area contributed by atoms with Crippen molar-refractivity contribution >= 4 is 22.7 Å². The molecule has 1 saturated carbocycles. The zero-order valence-electron chi connectivity index (χ0n) is 14.3. The molecule has 2 atom stereocenters. The average Bonchev–Trinajstić information content (AvgIpc) is 3.29. The zero-order chi connectivity index (χ0) is 17.7. The highest BCUT2D eigenvalue weighted by Gasteiger charge is 2.33. The van der Waals surface area contributed by atoms with Crippen molar-refractivity contribution in [2.45, 2.75) is 50.8 Å². The van der Waals surface area contributed by atoms with E-state index in [0.29, 0.717) is 12.3 Å². The maximum atomic E-state index is 12.7. The highest BCUT2D eigenvalue weighted by atomic mass is 32.2. The second kappa shape index (κ2) is 8.27. The molecule has 0 spiro atoms. The highest BCUT2D eigenvalue weighted by molar-refractivity contribution is 7.88. The van der Waals surface area contributed by atoms with Crippen LogP contribution >= 0.6 is 0 Å². The van der Waals surface area contributed by atoms with Crippen LogP contribution in [0.5, 0.6) is 0 Å². The lowest BCUT2D eigenvalue weighted by molar-refractivity contribution is -0.120. The Morgan fingerprint density at radius 2 is 1.96 bits per heavy atom. The molecule has 2 rings (SSSR count). The molecule has 1 aromatic carbocycles. The standard InChI is InChI=1S/C17H26BNO4S/c1-18(21)15(10-14-8-9-14)12-17(20)16(19-24(2,22)23)11-13-6-4-3-5-7-13/h3-7,14-16,19,21H,8-12H2,1-2H3/t15-,16?/m1/s1. The lowest BCUT2D eigenvalue weighted by Gasteiger charge is -2.21. The van der Waals surface area contributed by atoms with Crippen LogP contribution in [-0.4, -0.2) is 38.4 Å². The third-order valence-electron chi connectivity index (χ3n) is 4.51. The third-order valence-corrected chi connectivity index (χ3v) is 5.22. The lowest BCUT2D eigenvalue weighted by atomic mass is 9.55. The molecule has 0 aliphatic heterocycles. The first-order valence-electron chi connectivity index (χ1n) is 8.46. The third kappa shape index (κ3) is 6.75. The van der Waals surface area contributed by atoms with Gasteiger partial charge in [-0.1, -0.05) is 56.4 Å². The molecule has 0 bridgehead atoms. The van der Waals surface area contributed by atoms with Crippen molar-refractivity contribution in [1.82, 2.24) is 4.72 Å². The summed E-state index contributed by atoms with van der Waals surface area (Å²) in [6, 6.07) is 8.57. The molecule has 7 heteroatoms. The second-order valence-electron chi connectivity index (χ2n) is 6.98. The van der Waals surface area contributed by atoms with Crippen LogP contribution in [0.25, 0.3) is 0 Å². The quantitative estimate of drug-likeness (QED) is 0.631. The van der Waals surface area contributed by atoms with Gasteiger partial charge >= 0.3 is 0 Å². The molecular weight excluding hydrogens is 325 g/mol. The summed E-state index contributed by atoms with van der Waals surface area (Å²) in [7, 11) is -3.49. The second-order valence-corrected chi connectivity index (χ2v) is 8.76. The van der Waals surface area contributed by atoms with Crippen LogP contribution in [0.4, 0.5) is 0 Å². The SMILES string of the molecule is CB(O)[C@@H](CC(=O)C(Cc1ccccc1)NS(C)(=O)=O)CC1CC1. The average molecular weight is 351 g/mol. The van der Waals surface area contributed by atoms with Crippen molar-refractivity contribution in [3.8, 4) is 0 Å². The van der Waals surface area contributed by atoms with Crippen LogP contribution in [0.2, 0.25) is 12.6 Å². The molecule has 0 amide bonds. The van der Waals surface area contributed by atoms with Gasteiger partial charge in [-0.25, -0.2) is 13.1 Å². The normalized spacial score (nSPS) is 17.3. The van der Waals surface area contributed by atoms with Gasteiger partial charge in [0.1, 0.15) is 0 Å². The molecule has 1 aliphatic carbocycles. The fourth-order valence-corrected chi connectivity index (χ4v) is 3.69. The number of rotatable bonds is 10. The Balaban J connectivity index is 2.07. The lowest BCUT2D eigenvalue weighted by Crippen LogP contribution is -2.42. The van der Waals surface area contributed by atoms with Gasteiger partial charge in [0.05, 0.1) is 12.3 Å². The summed E-state index contributed by atoms with van der Waals surface area (Å²) in [4.78, 5) is 12.7. The van der Waals surface area contributed by atoms with Gasteiger partial charge in [-0.05, 0) is 23.7 Å². The van der Waals surface area contributed by atoms with Gasteiger partial charge in [0, 0.05) is 6.42 Å². The van der Waals surface area contributed by atoms with E-state index < -0.39 is 23.0 Å². The first-order chi connectivity index (χ1) is 11.2. The number of benzene rings is 1. The summed E-state index contributed by atoms with van der Waals surface area (Å²) in [6.07, 6.45) is 4.74. The molecule has 0 heterocycles. The Bertz CT molecular complexity index is 644. The molecule has 0 radical (unpaired) electrons. The Labute approximate surface area is 145 Å². The number of hydrogen-bond donors (Lipinski definition) is 2. The van der Waals surface area contributed by atoms with E-state index in [-0.39, 0.29) is 18.0 Å². The predicted octanol–water partition coefficient (Wildman–Crippen LogP) is 1.89. The van der Waals surface area contributed by atoms with Crippen molar-refractivity contribution in [3.05, 3.63) is 35.9 Å². The molecule has 24 heavy (non-hydrogen) atoms. The maximum absolute atomic E-state index is 12.7. The highest BCUT2D eigenvalue weighted by Crippen LogP contribution is 2.39. The molecule has 1 unspecified atom stereocenters. The van der Waals surface area contributed by atoms with Crippen LogP contribution in [0.3, 0.4) is 0 Å². The van der Waals surface area contributed by atoms with Crippen LogP contribution in [0.15, 0.2) is 30.3 Å². The molecular formula is C17H26BNO4S. The first-order valence-corrected chi connectivity index (χ1v) is 10.4. The summed E-state index contributed by atoms with van der Waals surface area (Å²) >= 11 is 0. The summed E-state index contributed by atoms with van der Waals surface area (Å²) in [5, 5.41) is 9.95. The minimum atomic E-state index is -3.49. The first kappa shape index (κ1) is 19.2. The predicted molar refractivity (Wildman–Crippen MR) is 96.5 cm³/mol. The minimum Gasteiger partial charge on any atom is -0.450 e. The van der Waals surface area contributed by atoms with Crippen LogP contribution < -0.4 is 4.72 Å². The van der Waals surface area contributed by atoms with Gasteiger partial charge < -0.3 is 5.02 Å². The largest absolute Gasteiger partial charge is 0.450 e. The number of sulfonamides is 1. The van der Waals surface area contributed by atoms with Crippen molar-refractivity contribution in [2.24, 2.45) is 5.92 Å². The van der Waals surface area contributed by atoms with Crippen LogP contribution in [0.1, 0.15) is 31.2 Å². The number of ketones is 1. The van der Waals surface area contributed by atoms with E-state index in [1.54, 1.807) is 6.82 Å². The maximum Gasteiger partial charge on any atom is 0.289 e. The molecule has 1 aromatic rings. The van der Waals surface area contributed by atoms with E-state index >= 15 is 0 Å². The molecule has 0 aromatic heterocycles. The van der Waals surface area contributed by atoms with E-state index in [1.165, 1.54) is 0 Å². The van der Waals surface area contributed by atoms with Gasteiger partial charge in [0.25, 0.3) is 6.92 Å². The van der Waals surface area contributed by atoms with Crippen LogP contribution in [0, 0.1) is 5.92 Å². The van der Waals surface area contributed by atoms with Crippen molar-refractivity contribution < 1.29 is 18.2 Å². The van der Waals surface area contributed by atoms with Crippen molar-refractivity contribution in [1.29, 1.82) is 0 Å². The summed E-state index contributed by atoms with van der Waals surface area (Å²) in [6.45, 7) is 1.14. The summed E-state index contributed by atoms with van der Waals surface area (Å²) in [5.74, 6) is 0.341. The van der Waals surface area contributed by atoms with E-state index in [4.69, 9.17) is 0 Å². The number of nitrogens with one attached hydrogen (secondary N) is 1. The molecule has 1 fully saturated rings. The molecule has 0 saturated heterocycles. The molecule has 5 nitrogen and oxygen atoms in total. The fraction of sp³-hybridized carbons (Fsp3) is 0.588. The van der Waals surface area contributed by atoms with Gasteiger partial charge in [0.2, 0.25) is 10.0 Å². The zero-order valence-corrected chi connectivity index (χ0v) is 15.1. The van der Waals surface area contributed by atoms with Crippen molar-refractivity contribution in [2.75, 3.05) is 6.26 Å². The topological polar surface area (TPSA) is 83.5 Å². The Morgan fingerprint density at radius 1 is 1.33 bits per heavy atom. The van der Waals surface area contributed by atoms with Crippen molar-refractivity contribution in [3.63, 3.8) is 0 Å². The monoisotopic (exact) mass is 351 g/mol. The number of hydrogen-bond acceptors (Lipinski definition) is 4. The van der Waals surface area contributed by atoms with Gasteiger partial charge in [-0.2, -0.15) is 0 Å².